The summed E-state index contributed by atoms with van der Waals surface area (Å²) in [5.74, 6) is 0.0257. The Morgan fingerprint density at radius 3 is 2.86 bits per heavy atom. The third kappa shape index (κ3) is 5.19. The van der Waals surface area contributed by atoms with Crippen LogP contribution < -0.4 is 5.32 Å². The summed E-state index contributed by atoms with van der Waals surface area (Å²) in [6.45, 7) is 5.13. The number of rotatable bonds is 3. The van der Waals surface area contributed by atoms with E-state index in [-0.39, 0.29) is 18.3 Å². The Kier molecular flexibility index (Phi) is 6.49. The molecule has 0 aromatic carbocycles. The van der Waals surface area contributed by atoms with Crippen LogP contribution in [0.15, 0.2) is 23.3 Å². The fourth-order valence-electron chi connectivity index (χ4n) is 0.895. The summed E-state index contributed by atoms with van der Waals surface area (Å²) >= 11 is 1.66. The first-order chi connectivity index (χ1) is 6.18. The molecule has 0 bridgehead atoms. The van der Waals surface area contributed by atoms with E-state index in [1.54, 1.807) is 11.9 Å². The molecule has 0 unspecified atom stereocenters. The molecule has 80 valence electrons. The fourth-order valence-corrected chi connectivity index (χ4v) is 1.60. The molecule has 14 heavy (non-hydrogen) atoms. The van der Waals surface area contributed by atoms with Gasteiger partial charge in [-0.25, -0.2) is 0 Å². The van der Waals surface area contributed by atoms with Gasteiger partial charge in [0.2, 0.25) is 5.91 Å². The van der Waals surface area contributed by atoms with Gasteiger partial charge in [0.15, 0.2) is 0 Å². The molecule has 1 amide bonds. The molecule has 1 rings (SSSR count). The van der Waals surface area contributed by atoms with Crippen LogP contribution in [-0.4, -0.2) is 23.3 Å². The zero-order valence-electron chi connectivity index (χ0n) is 8.32. The maximum atomic E-state index is 10.6. The largest absolute Gasteiger partial charge is 0.355 e. The summed E-state index contributed by atoms with van der Waals surface area (Å²) in [5.41, 5.74) is 1.26. The number of allylic oxidation sites excluding steroid dienone is 2. The molecule has 0 aromatic heterocycles. The standard InChI is InChI=1S/C9H14N2OS.ClH/c1-8-3-5-11(13-7-8)6-4-10-9(2)12;/h3,5,7H,4,6H2,1-2H3,(H,10,12);1H. The van der Waals surface area contributed by atoms with Gasteiger partial charge in [0.05, 0.1) is 0 Å². The van der Waals surface area contributed by atoms with Crippen molar-refractivity contribution in [1.29, 1.82) is 0 Å². The molecule has 0 aromatic rings. The van der Waals surface area contributed by atoms with Crippen LogP contribution in [0, 0.1) is 0 Å². The highest BCUT2D eigenvalue weighted by Crippen LogP contribution is 2.19. The Hall–Kier alpha value is -0.610. The molecular weight excluding hydrogens is 220 g/mol. The minimum Gasteiger partial charge on any atom is -0.355 e. The number of carbonyl (C=O) groups is 1. The van der Waals surface area contributed by atoms with Crippen molar-refractivity contribution in [3.05, 3.63) is 23.3 Å². The maximum Gasteiger partial charge on any atom is 0.216 e. The van der Waals surface area contributed by atoms with E-state index in [1.165, 1.54) is 12.5 Å². The van der Waals surface area contributed by atoms with Crippen molar-refractivity contribution in [3.63, 3.8) is 0 Å². The summed E-state index contributed by atoms with van der Waals surface area (Å²) in [6.07, 6.45) is 4.09. The monoisotopic (exact) mass is 234 g/mol. The van der Waals surface area contributed by atoms with E-state index in [2.05, 4.69) is 28.0 Å². The summed E-state index contributed by atoms with van der Waals surface area (Å²) in [4.78, 5) is 10.6. The Labute approximate surface area is 95.2 Å². The summed E-state index contributed by atoms with van der Waals surface area (Å²) < 4.78 is 2.09. The first kappa shape index (κ1) is 13.4. The molecule has 0 saturated heterocycles. The molecule has 1 N–H and O–H groups in total. The van der Waals surface area contributed by atoms with Gasteiger partial charge in [0.1, 0.15) is 0 Å². The number of amides is 1. The third-order valence-electron chi connectivity index (χ3n) is 1.58. The molecule has 0 atom stereocenters. The molecule has 5 heteroatoms. The third-order valence-corrected chi connectivity index (χ3v) is 2.64. The van der Waals surface area contributed by atoms with Crippen molar-refractivity contribution in [2.75, 3.05) is 13.1 Å². The van der Waals surface area contributed by atoms with Gasteiger partial charge in [-0.3, -0.25) is 4.79 Å². The molecule has 1 heterocycles. The van der Waals surface area contributed by atoms with E-state index >= 15 is 0 Å². The molecule has 1 aliphatic rings. The van der Waals surface area contributed by atoms with Crippen LogP contribution in [0.4, 0.5) is 0 Å². The van der Waals surface area contributed by atoms with Crippen molar-refractivity contribution >= 4 is 30.3 Å². The molecule has 0 saturated carbocycles. The lowest BCUT2D eigenvalue weighted by molar-refractivity contribution is -0.118. The maximum absolute atomic E-state index is 10.6. The van der Waals surface area contributed by atoms with Gasteiger partial charge in [0.25, 0.3) is 0 Å². The minimum atomic E-state index is 0. The second-order valence-electron chi connectivity index (χ2n) is 2.91. The Balaban J connectivity index is 0.00000169. The fraction of sp³-hybridized carbons (Fsp3) is 0.444. The average Bonchev–Trinajstić information content (AvgIpc) is 2.08. The molecular formula is C9H15ClN2OS. The molecule has 3 nitrogen and oxygen atoms in total. The van der Waals surface area contributed by atoms with Crippen LogP contribution in [0.3, 0.4) is 0 Å². The molecule has 0 radical (unpaired) electrons. The Morgan fingerprint density at radius 1 is 1.64 bits per heavy atom. The van der Waals surface area contributed by atoms with Crippen LogP contribution in [-0.2, 0) is 4.79 Å². The summed E-state index contributed by atoms with van der Waals surface area (Å²) in [7, 11) is 0. The van der Waals surface area contributed by atoms with Gasteiger partial charge in [-0.05, 0) is 35.9 Å². The van der Waals surface area contributed by atoms with Gasteiger partial charge >= 0.3 is 0 Å². The predicted molar refractivity (Wildman–Crippen MR) is 63.1 cm³/mol. The number of halogens is 1. The van der Waals surface area contributed by atoms with E-state index in [4.69, 9.17) is 0 Å². The number of carbonyl (C=O) groups excluding carboxylic acids is 1. The van der Waals surface area contributed by atoms with Crippen LogP contribution in [0.5, 0.6) is 0 Å². The van der Waals surface area contributed by atoms with Crippen LogP contribution in [0.25, 0.3) is 0 Å². The van der Waals surface area contributed by atoms with E-state index in [1.807, 2.05) is 6.20 Å². The van der Waals surface area contributed by atoms with Crippen LogP contribution in [0.1, 0.15) is 13.8 Å². The molecule has 0 fully saturated rings. The zero-order valence-corrected chi connectivity index (χ0v) is 9.95. The minimum absolute atomic E-state index is 0. The van der Waals surface area contributed by atoms with Gasteiger partial charge in [-0.1, -0.05) is 0 Å². The Morgan fingerprint density at radius 2 is 2.36 bits per heavy atom. The van der Waals surface area contributed by atoms with Gasteiger partial charge in [-0.15, -0.1) is 12.4 Å². The summed E-state index contributed by atoms with van der Waals surface area (Å²) in [6, 6.07) is 0. The topological polar surface area (TPSA) is 32.3 Å². The highest BCUT2D eigenvalue weighted by Gasteiger charge is 2.02. The second kappa shape index (κ2) is 6.79. The number of hydrogen-bond acceptors (Lipinski definition) is 3. The van der Waals surface area contributed by atoms with E-state index < -0.39 is 0 Å². The highest BCUT2D eigenvalue weighted by atomic mass is 35.5. The van der Waals surface area contributed by atoms with E-state index in [0.717, 1.165) is 6.54 Å². The quantitative estimate of drug-likeness (QED) is 0.758. The smallest absolute Gasteiger partial charge is 0.216 e. The SMILES string of the molecule is CC(=O)NCCN1C=CC(C)=CS1.Cl. The molecule has 0 spiro atoms. The zero-order chi connectivity index (χ0) is 9.68. The summed E-state index contributed by atoms with van der Waals surface area (Å²) in [5, 5.41) is 4.85. The van der Waals surface area contributed by atoms with Crippen molar-refractivity contribution in [2.45, 2.75) is 13.8 Å². The van der Waals surface area contributed by atoms with Crippen molar-refractivity contribution in [2.24, 2.45) is 0 Å². The lowest BCUT2D eigenvalue weighted by Crippen LogP contribution is -2.28. The predicted octanol–water partition coefficient (Wildman–Crippen LogP) is 1.93. The first-order valence-electron chi connectivity index (χ1n) is 4.21. The lowest BCUT2D eigenvalue weighted by Gasteiger charge is -2.19. The lowest BCUT2D eigenvalue weighted by atomic mass is 10.3. The van der Waals surface area contributed by atoms with Gasteiger partial charge in [-0.2, -0.15) is 0 Å². The van der Waals surface area contributed by atoms with Gasteiger partial charge < -0.3 is 9.62 Å². The first-order valence-corrected chi connectivity index (χ1v) is 5.05. The van der Waals surface area contributed by atoms with Crippen LogP contribution >= 0.6 is 24.4 Å². The number of hydrogen-bond donors (Lipinski definition) is 1. The highest BCUT2D eigenvalue weighted by molar-refractivity contribution is 8.00. The second-order valence-corrected chi connectivity index (χ2v) is 3.82. The van der Waals surface area contributed by atoms with Crippen LogP contribution in [0.2, 0.25) is 0 Å². The van der Waals surface area contributed by atoms with E-state index in [0.29, 0.717) is 6.54 Å². The normalized spacial score (nSPS) is 14.4. The Bertz CT molecular complexity index is 253. The molecule has 1 aliphatic heterocycles. The number of nitrogens with zero attached hydrogens (tertiary/aromatic N) is 1. The number of nitrogens with one attached hydrogen (secondary N) is 1. The van der Waals surface area contributed by atoms with E-state index in [9.17, 15) is 4.79 Å². The van der Waals surface area contributed by atoms with Gasteiger partial charge in [0, 0.05) is 26.2 Å². The van der Waals surface area contributed by atoms with Crippen molar-refractivity contribution in [3.8, 4) is 0 Å². The van der Waals surface area contributed by atoms with Crippen molar-refractivity contribution < 1.29 is 4.79 Å². The average molecular weight is 235 g/mol. The van der Waals surface area contributed by atoms with Crippen molar-refractivity contribution in [1.82, 2.24) is 9.62 Å². The molecule has 0 aliphatic carbocycles.